The summed E-state index contributed by atoms with van der Waals surface area (Å²) in [6.45, 7) is 7.08. The molecule has 0 aliphatic rings. The van der Waals surface area contributed by atoms with Gasteiger partial charge in [0.05, 0.1) is 20.9 Å². The molecule has 3 aromatic rings. The molecular formula is C23H27BrFN3O3S2. The van der Waals surface area contributed by atoms with Crippen molar-refractivity contribution in [3.05, 3.63) is 52.8 Å². The zero-order valence-electron chi connectivity index (χ0n) is 18.6. The molecular weight excluding hydrogens is 529 g/mol. The van der Waals surface area contributed by atoms with Crippen molar-refractivity contribution >= 4 is 58.4 Å². The van der Waals surface area contributed by atoms with E-state index in [1.807, 2.05) is 18.2 Å². The molecule has 0 N–H and O–H groups in total. The fourth-order valence-electron chi connectivity index (χ4n) is 3.42. The lowest BCUT2D eigenvalue weighted by molar-refractivity contribution is -0.118. The van der Waals surface area contributed by atoms with Gasteiger partial charge in [0.25, 0.3) is 0 Å². The normalized spacial score (nSPS) is 11.9. The monoisotopic (exact) mass is 555 g/mol. The molecule has 0 saturated carbocycles. The fraction of sp³-hybridized carbons (Fsp3) is 0.391. The lowest BCUT2D eigenvalue weighted by Crippen LogP contribution is -2.38. The summed E-state index contributed by atoms with van der Waals surface area (Å²) in [5.74, 6) is -0.827. The van der Waals surface area contributed by atoms with Gasteiger partial charge in [0.2, 0.25) is 5.91 Å². The summed E-state index contributed by atoms with van der Waals surface area (Å²) in [5, 5.41) is 0.613. The van der Waals surface area contributed by atoms with E-state index in [2.05, 4.69) is 39.7 Å². The molecule has 0 spiro atoms. The number of aromatic nitrogens is 1. The fourth-order valence-corrected chi connectivity index (χ4v) is 6.29. The molecule has 1 aromatic heterocycles. The van der Waals surface area contributed by atoms with E-state index in [4.69, 9.17) is 0 Å². The Balaban J connectivity index is 1.73. The third-order valence-electron chi connectivity index (χ3n) is 5.38. The van der Waals surface area contributed by atoms with Gasteiger partial charge in [0.15, 0.2) is 15.0 Å². The van der Waals surface area contributed by atoms with E-state index in [1.165, 1.54) is 23.5 Å². The van der Waals surface area contributed by atoms with Crippen LogP contribution in [0.2, 0.25) is 0 Å². The maximum Gasteiger partial charge on any atom is 0.228 e. The van der Waals surface area contributed by atoms with Gasteiger partial charge in [-0.25, -0.2) is 17.8 Å². The topological polar surface area (TPSA) is 70.6 Å². The summed E-state index contributed by atoms with van der Waals surface area (Å²) in [5.41, 5.74) is 0.817. The molecule has 10 heteroatoms. The number of carbonyl (C=O) groups excluding carboxylic acids is 1. The molecule has 1 amide bonds. The summed E-state index contributed by atoms with van der Waals surface area (Å²) in [7, 11) is -3.59. The maximum atomic E-state index is 13.2. The van der Waals surface area contributed by atoms with E-state index in [1.54, 1.807) is 4.90 Å². The predicted octanol–water partition coefficient (Wildman–Crippen LogP) is 5.13. The Morgan fingerprint density at radius 3 is 2.45 bits per heavy atom. The van der Waals surface area contributed by atoms with Crippen molar-refractivity contribution < 1.29 is 17.6 Å². The minimum atomic E-state index is -3.59. The summed E-state index contributed by atoms with van der Waals surface area (Å²) in [6, 6.07) is 10.5. The van der Waals surface area contributed by atoms with Gasteiger partial charge in [-0.15, -0.1) is 0 Å². The number of rotatable bonds is 11. The second kappa shape index (κ2) is 11.5. The number of amides is 1. The van der Waals surface area contributed by atoms with Crippen molar-refractivity contribution in [3.63, 3.8) is 0 Å². The van der Waals surface area contributed by atoms with Gasteiger partial charge in [-0.3, -0.25) is 9.69 Å². The van der Waals surface area contributed by atoms with Gasteiger partial charge in [-0.05, 0) is 62.0 Å². The number of halogens is 2. The molecule has 0 aliphatic heterocycles. The van der Waals surface area contributed by atoms with Gasteiger partial charge in [-0.2, -0.15) is 0 Å². The van der Waals surface area contributed by atoms with Crippen LogP contribution in [0.3, 0.4) is 0 Å². The predicted molar refractivity (Wildman–Crippen MR) is 135 cm³/mol. The zero-order chi connectivity index (χ0) is 24.0. The number of anilines is 1. The first-order valence-corrected chi connectivity index (χ1v) is 14.1. The Labute approximate surface area is 206 Å². The smallest absolute Gasteiger partial charge is 0.228 e. The Hall–Kier alpha value is -1.88. The first kappa shape index (κ1) is 25.7. The van der Waals surface area contributed by atoms with Crippen molar-refractivity contribution in [2.75, 3.05) is 36.8 Å². The number of carbonyl (C=O) groups is 1. The third-order valence-corrected chi connectivity index (χ3v) is 8.73. The summed E-state index contributed by atoms with van der Waals surface area (Å²) >= 11 is 4.91. The van der Waals surface area contributed by atoms with E-state index in [-0.39, 0.29) is 29.4 Å². The molecule has 0 aliphatic carbocycles. The lowest BCUT2D eigenvalue weighted by atomic mass is 10.3. The third kappa shape index (κ3) is 6.81. The first-order valence-electron chi connectivity index (χ1n) is 10.8. The number of hydrogen-bond donors (Lipinski definition) is 0. The van der Waals surface area contributed by atoms with Crippen molar-refractivity contribution in [1.29, 1.82) is 0 Å². The van der Waals surface area contributed by atoms with Gasteiger partial charge in [-0.1, -0.05) is 41.1 Å². The zero-order valence-corrected chi connectivity index (χ0v) is 21.8. The Kier molecular flexibility index (Phi) is 8.97. The summed E-state index contributed by atoms with van der Waals surface area (Å²) < 4.78 is 40.1. The number of sulfone groups is 1. The molecule has 33 heavy (non-hydrogen) atoms. The van der Waals surface area contributed by atoms with Crippen LogP contribution in [-0.2, 0) is 14.6 Å². The van der Waals surface area contributed by atoms with E-state index in [0.717, 1.165) is 39.9 Å². The summed E-state index contributed by atoms with van der Waals surface area (Å²) in [4.78, 5) is 21.8. The lowest BCUT2D eigenvalue weighted by Gasteiger charge is -2.24. The van der Waals surface area contributed by atoms with Gasteiger partial charge in [0, 0.05) is 24.0 Å². The second-order valence-electron chi connectivity index (χ2n) is 7.56. The first-order chi connectivity index (χ1) is 15.7. The Bertz CT molecular complexity index is 1200. The van der Waals surface area contributed by atoms with Crippen LogP contribution in [0.25, 0.3) is 10.2 Å². The minimum Gasteiger partial charge on any atom is -0.302 e. The van der Waals surface area contributed by atoms with Crippen LogP contribution in [-0.4, -0.2) is 56.1 Å². The van der Waals surface area contributed by atoms with Crippen LogP contribution < -0.4 is 4.90 Å². The van der Waals surface area contributed by atoms with Gasteiger partial charge in [0.1, 0.15) is 5.82 Å². The quantitative estimate of drug-likeness (QED) is 0.307. The standard InChI is InChI=1S/C23H27BrFN3O3S2/c1-3-27(4-2)13-14-28(23-26-20-12-7-17(24)16-21(20)32-23)22(29)6-5-15-33(30,31)19-10-8-18(25)9-11-19/h7-12,16H,3-6,13-15H2,1-2H3. The van der Waals surface area contributed by atoms with Crippen LogP contribution in [0.1, 0.15) is 26.7 Å². The largest absolute Gasteiger partial charge is 0.302 e. The minimum absolute atomic E-state index is 0.0616. The molecule has 1 heterocycles. The number of hydrogen-bond acceptors (Lipinski definition) is 6. The molecule has 0 radical (unpaired) electrons. The van der Waals surface area contributed by atoms with Gasteiger partial charge >= 0.3 is 0 Å². The molecule has 3 rings (SSSR count). The maximum absolute atomic E-state index is 13.2. The van der Waals surface area contributed by atoms with Crippen LogP contribution in [0.4, 0.5) is 9.52 Å². The van der Waals surface area contributed by atoms with Crippen molar-refractivity contribution in [1.82, 2.24) is 9.88 Å². The highest BCUT2D eigenvalue weighted by atomic mass is 79.9. The highest BCUT2D eigenvalue weighted by Crippen LogP contribution is 2.31. The number of thiazole rings is 1. The second-order valence-corrected chi connectivity index (χ2v) is 11.6. The average Bonchev–Trinajstić information content (AvgIpc) is 3.19. The van der Waals surface area contributed by atoms with E-state index in [9.17, 15) is 17.6 Å². The molecule has 178 valence electrons. The highest BCUT2D eigenvalue weighted by molar-refractivity contribution is 9.10. The van der Waals surface area contributed by atoms with E-state index >= 15 is 0 Å². The average molecular weight is 557 g/mol. The van der Waals surface area contributed by atoms with Crippen LogP contribution in [0.5, 0.6) is 0 Å². The number of likely N-dealkylation sites (N-methyl/N-ethyl adjacent to an activating group) is 1. The molecule has 0 bridgehead atoms. The van der Waals surface area contributed by atoms with Gasteiger partial charge < -0.3 is 4.90 Å². The van der Waals surface area contributed by atoms with Crippen molar-refractivity contribution in [3.8, 4) is 0 Å². The highest BCUT2D eigenvalue weighted by Gasteiger charge is 2.22. The number of nitrogens with zero attached hydrogens (tertiary/aromatic N) is 3. The molecule has 0 saturated heterocycles. The van der Waals surface area contributed by atoms with Crippen LogP contribution in [0.15, 0.2) is 51.8 Å². The van der Waals surface area contributed by atoms with Crippen molar-refractivity contribution in [2.24, 2.45) is 0 Å². The van der Waals surface area contributed by atoms with E-state index < -0.39 is 15.7 Å². The molecule has 0 unspecified atom stereocenters. The number of fused-ring (bicyclic) bond motifs is 1. The van der Waals surface area contributed by atoms with Crippen molar-refractivity contribution in [2.45, 2.75) is 31.6 Å². The Morgan fingerprint density at radius 1 is 1.09 bits per heavy atom. The molecule has 0 atom stereocenters. The molecule has 2 aromatic carbocycles. The van der Waals surface area contributed by atoms with Crippen LogP contribution >= 0.6 is 27.3 Å². The number of benzene rings is 2. The molecule has 6 nitrogen and oxygen atoms in total. The molecule has 0 fully saturated rings. The Morgan fingerprint density at radius 2 is 1.79 bits per heavy atom. The SMILES string of the molecule is CCN(CC)CCN(C(=O)CCCS(=O)(=O)c1ccc(F)cc1)c1nc2ccc(Br)cc2s1. The van der Waals surface area contributed by atoms with Crippen LogP contribution in [0, 0.1) is 5.82 Å². The summed E-state index contributed by atoms with van der Waals surface area (Å²) in [6.07, 6.45) is 0.259. The van der Waals surface area contributed by atoms with E-state index in [0.29, 0.717) is 18.2 Å².